The summed E-state index contributed by atoms with van der Waals surface area (Å²) in [5.74, 6) is -0.170. The average molecular weight is 573 g/mol. The van der Waals surface area contributed by atoms with Gasteiger partial charge in [0.15, 0.2) is 11.3 Å². The second-order valence-corrected chi connectivity index (χ2v) is 10.3. The van der Waals surface area contributed by atoms with Gasteiger partial charge in [0, 0.05) is 36.0 Å². The van der Waals surface area contributed by atoms with Gasteiger partial charge < -0.3 is 20.3 Å². The number of anilines is 2. The Kier molecular flexibility index (Phi) is 6.84. The van der Waals surface area contributed by atoms with E-state index in [-0.39, 0.29) is 5.69 Å². The molecule has 5 heterocycles. The Morgan fingerprint density at radius 3 is 2.53 bits per heavy atom. The number of carbonyl (C=O) groups excluding carboxylic acids is 2. The van der Waals surface area contributed by atoms with E-state index in [0.717, 1.165) is 30.0 Å². The van der Waals surface area contributed by atoms with Gasteiger partial charge in [0.05, 0.1) is 30.3 Å². The highest BCUT2D eigenvalue weighted by Crippen LogP contribution is 2.27. The fourth-order valence-corrected chi connectivity index (χ4v) is 5.31. The molecule has 2 amide bonds. The molecule has 0 unspecified atom stereocenters. The van der Waals surface area contributed by atoms with Crippen molar-refractivity contribution in [3.05, 3.63) is 108 Å². The number of amides is 2. The third-order valence-corrected chi connectivity index (χ3v) is 7.44. The van der Waals surface area contributed by atoms with Crippen LogP contribution < -0.4 is 15.5 Å². The van der Waals surface area contributed by atoms with Gasteiger partial charge in [-0.15, -0.1) is 0 Å². The van der Waals surface area contributed by atoms with Crippen LogP contribution in [-0.4, -0.2) is 69.6 Å². The zero-order chi connectivity index (χ0) is 29.3. The van der Waals surface area contributed by atoms with Crippen molar-refractivity contribution in [1.29, 1.82) is 0 Å². The summed E-state index contributed by atoms with van der Waals surface area (Å²) in [6.45, 7) is 4.66. The molecule has 1 fully saturated rings. The van der Waals surface area contributed by atoms with Crippen LogP contribution in [0.5, 0.6) is 0 Å². The summed E-state index contributed by atoms with van der Waals surface area (Å²) in [7, 11) is 0. The SMILES string of the molecule is Cc1ccc2nc(-c3ccc(N4CCOCC4)nc3)c(C(=O)N[C@H]3N=C(c4ccccc4)c4ccccc4NC3=O)n2n1. The van der Waals surface area contributed by atoms with Crippen molar-refractivity contribution in [3.8, 4) is 11.3 Å². The zero-order valence-electron chi connectivity index (χ0n) is 23.4. The molecule has 214 valence electrons. The highest BCUT2D eigenvalue weighted by molar-refractivity contribution is 6.20. The molecular formula is C32H28N8O3. The lowest BCUT2D eigenvalue weighted by Crippen LogP contribution is -2.43. The van der Waals surface area contributed by atoms with Gasteiger partial charge in [-0.25, -0.2) is 19.5 Å². The van der Waals surface area contributed by atoms with Crippen LogP contribution in [0.1, 0.15) is 27.3 Å². The Hall–Kier alpha value is -5.42. The standard InChI is InChI=1S/C32H28N8O3/c1-20-11-13-26-35-28(22-12-14-25(33-19-22)39-15-17-43-18-16-39)29(40(26)38-20)31(41)37-30-32(42)34-24-10-6-5-9-23(24)27(36-30)21-7-3-2-4-8-21/h2-14,19,30H,15-18H2,1H3,(H,34,42)(H,37,41)/t30-/m1/s1. The first-order chi connectivity index (χ1) is 21.0. The lowest BCUT2D eigenvalue weighted by molar-refractivity contribution is -0.117. The van der Waals surface area contributed by atoms with Crippen LogP contribution in [0, 0.1) is 6.92 Å². The maximum Gasteiger partial charge on any atom is 0.274 e. The number of nitrogens with one attached hydrogen (secondary N) is 2. The number of carbonyl (C=O) groups is 2. The van der Waals surface area contributed by atoms with E-state index < -0.39 is 18.0 Å². The van der Waals surface area contributed by atoms with E-state index in [1.165, 1.54) is 4.52 Å². The van der Waals surface area contributed by atoms with Gasteiger partial charge in [-0.05, 0) is 37.3 Å². The number of ether oxygens (including phenoxy) is 1. The Labute approximate surface area is 247 Å². The smallest absolute Gasteiger partial charge is 0.274 e. The summed E-state index contributed by atoms with van der Waals surface area (Å²) >= 11 is 0. The zero-order valence-corrected chi connectivity index (χ0v) is 23.4. The third-order valence-electron chi connectivity index (χ3n) is 7.44. The summed E-state index contributed by atoms with van der Waals surface area (Å²) in [6, 6.07) is 24.5. The minimum Gasteiger partial charge on any atom is -0.378 e. The number of aliphatic imine (C=N–C) groups is 1. The van der Waals surface area contributed by atoms with Crippen molar-refractivity contribution in [2.75, 3.05) is 36.5 Å². The van der Waals surface area contributed by atoms with Crippen molar-refractivity contribution in [2.45, 2.75) is 13.1 Å². The molecule has 1 atom stereocenters. The molecule has 2 aliphatic rings. The molecule has 3 aromatic heterocycles. The van der Waals surface area contributed by atoms with Gasteiger partial charge in [0.2, 0.25) is 6.17 Å². The predicted octanol–water partition coefficient (Wildman–Crippen LogP) is 3.48. The fourth-order valence-electron chi connectivity index (χ4n) is 5.31. The molecule has 5 aromatic rings. The van der Waals surface area contributed by atoms with Crippen molar-refractivity contribution in [3.63, 3.8) is 0 Å². The first-order valence-electron chi connectivity index (χ1n) is 14.0. The van der Waals surface area contributed by atoms with Gasteiger partial charge >= 0.3 is 0 Å². The predicted molar refractivity (Wildman–Crippen MR) is 162 cm³/mol. The maximum absolute atomic E-state index is 14.1. The summed E-state index contributed by atoms with van der Waals surface area (Å²) in [5.41, 5.74) is 5.24. The molecule has 2 aliphatic heterocycles. The monoisotopic (exact) mass is 572 g/mol. The number of para-hydroxylation sites is 1. The van der Waals surface area contributed by atoms with E-state index in [0.29, 0.717) is 47.2 Å². The number of aryl methyl sites for hydroxylation is 1. The van der Waals surface area contributed by atoms with Crippen LogP contribution >= 0.6 is 0 Å². The summed E-state index contributed by atoms with van der Waals surface area (Å²) in [4.78, 5) is 43.8. The van der Waals surface area contributed by atoms with Crippen molar-refractivity contribution in [2.24, 2.45) is 4.99 Å². The number of fused-ring (bicyclic) bond motifs is 2. The molecule has 11 nitrogen and oxygen atoms in total. The number of hydrogen-bond acceptors (Lipinski definition) is 8. The molecule has 2 aromatic carbocycles. The van der Waals surface area contributed by atoms with E-state index in [1.807, 2.05) is 79.7 Å². The molecular weight excluding hydrogens is 544 g/mol. The summed E-state index contributed by atoms with van der Waals surface area (Å²) < 4.78 is 6.96. The molecule has 0 spiro atoms. The molecule has 43 heavy (non-hydrogen) atoms. The van der Waals surface area contributed by atoms with Crippen molar-refractivity contribution < 1.29 is 14.3 Å². The number of aromatic nitrogens is 4. The van der Waals surface area contributed by atoms with Crippen molar-refractivity contribution >= 4 is 34.7 Å². The summed E-state index contributed by atoms with van der Waals surface area (Å²) in [5, 5.41) is 10.3. The number of imidazole rings is 1. The highest BCUT2D eigenvalue weighted by atomic mass is 16.5. The molecule has 7 rings (SSSR count). The Morgan fingerprint density at radius 1 is 0.953 bits per heavy atom. The first kappa shape index (κ1) is 26.5. The normalized spacial score (nSPS) is 16.7. The topological polar surface area (TPSA) is 126 Å². The van der Waals surface area contributed by atoms with Crippen LogP contribution in [0.2, 0.25) is 0 Å². The van der Waals surface area contributed by atoms with Gasteiger partial charge in [0.25, 0.3) is 11.8 Å². The van der Waals surface area contributed by atoms with E-state index >= 15 is 0 Å². The van der Waals surface area contributed by atoms with E-state index in [9.17, 15) is 9.59 Å². The Balaban J connectivity index is 1.27. The molecule has 1 saturated heterocycles. The lowest BCUT2D eigenvalue weighted by Gasteiger charge is -2.27. The van der Waals surface area contributed by atoms with Gasteiger partial charge in [-0.3, -0.25) is 9.59 Å². The fraction of sp³-hybridized carbons (Fsp3) is 0.188. The van der Waals surface area contributed by atoms with E-state index in [4.69, 9.17) is 14.7 Å². The maximum atomic E-state index is 14.1. The minimum atomic E-state index is -1.21. The molecule has 11 heteroatoms. The summed E-state index contributed by atoms with van der Waals surface area (Å²) in [6.07, 6.45) is 0.497. The number of nitrogens with zero attached hydrogens (tertiary/aromatic N) is 6. The molecule has 0 saturated carbocycles. The molecule has 0 radical (unpaired) electrons. The first-order valence-corrected chi connectivity index (χ1v) is 14.0. The Bertz CT molecular complexity index is 1860. The van der Waals surface area contributed by atoms with Crippen LogP contribution in [0.3, 0.4) is 0 Å². The number of rotatable bonds is 5. The van der Waals surface area contributed by atoms with Gasteiger partial charge in [0.1, 0.15) is 11.5 Å². The van der Waals surface area contributed by atoms with Crippen LogP contribution in [0.4, 0.5) is 11.5 Å². The van der Waals surface area contributed by atoms with E-state index in [1.54, 1.807) is 12.3 Å². The number of benzene rings is 2. The largest absolute Gasteiger partial charge is 0.378 e. The Morgan fingerprint density at radius 2 is 1.74 bits per heavy atom. The second kappa shape index (κ2) is 11.1. The van der Waals surface area contributed by atoms with Crippen LogP contribution in [-0.2, 0) is 9.53 Å². The number of morpholine rings is 1. The van der Waals surface area contributed by atoms with Crippen molar-refractivity contribution in [1.82, 2.24) is 24.9 Å². The molecule has 0 bridgehead atoms. The minimum absolute atomic E-state index is 0.186. The highest BCUT2D eigenvalue weighted by Gasteiger charge is 2.30. The van der Waals surface area contributed by atoms with Crippen LogP contribution in [0.15, 0.2) is 90.1 Å². The number of benzodiazepines with no additional fused rings is 1. The second-order valence-electron chi connectivity index (χ2n) is 10.3. The lowest BCUT2D eigenvalue weighted by atomic mass is 10.0. The van der Waals surface area contributed by atoms with Gasteiger partial charge in [-0.2, -0.15) is 5.10 Å². The number of pyridine rings is 1. The molecule has 0 aliphatic carbocycles. The quantitative estimate of drug-likeness (QED) is 0.330. The third kappa shape index (κ3) is 5.10. The average Bonchev–Trinajstić information content (AvgIpc) is 3.36. The molecule has 2 N–H and O–H groups in total. The van der Waals surface area contributed by atoms with Crippen LogP contribution in [0.25, 0.3) is 16.9 Å². The van der Waals surface area contributed by atoms with Gasteiger partial charge in [-0.1, -0.05) is 48.5 Å². The van der Waals surface area contributed by atoms with E-state index in [2.05, 4.69) is 25.6 Å². The number of hydrogen-bond donors (Lipinski definition) is 2.